The summed E-state index contributed by atoms with van der Waals surface area (Å²) in [6.45, 7) is 9.06. The molecule has 0 saturated heterocycles. The third-order valence-corrected chi connectivity index (χ3v) is 3.33. The SMILES string of the molecule is C=C(CNC)CN(CC)c1cccc2ccccc12. The third kappa shape index (κ3) is 3.15. The molecule has 2 aromatic rings. The van der Waals surface area contributed by atoms with E-state index in [0.717, 1.165) is 19.6 Å². The zero-order chi connectivity index (χ0) is 13.7. The standard InChI is InChI=1S/C17H22N2/c1-4-19(13-14(2)12-18-3)17-11-7-9-15-8-5-6-10-16(15)17/h5-11,18H,2,4,12-13H2,1,3H3. The number of likely N-dealkylation sites (N-methyl/N-ethyl adjacent to an activating group) is 2. The molecule has 2 heteroatoms. The Morgan fingerprint density at radius 3 is 2.63 bits per heavy atom. The Hall–Kier alpha value is -1.80. The molecule has 0 spiro atoms. The Morgan fingerprint density at radius 1 is 1.16 bits per heavy atom. The maximum Gasteiger partial charge on any atom is 0.0448 e. The molecule has 0 aliphatic carbocycles. The molecule has 0 aliphatic rings. The molecule has 19 heavy (non-hydrogen) atoms. The van der Waals surface area contributed by atoms with Crippen LogP contribution >= 0.6 is 0 Å². The fourth-order valence-electron chi connectivity index (χ4n) is 2.43. The van der Waals surface area contributed by atoms with E-state index < -0.39 is 0 Å². The minimum Gasteiger partial charge on any atom is -0.367 e. The fraction of sp³-hybridized carbons (Fsp3) is 0.294. The number of nitrogens with zero attached hydrogens (tertiary/aromatic N) is 1. The van der Waals surface area contributed by atoms with Gasteiger partial charge in [-0.15, -0.1) is 0 Å². The van der Waals surface area contributed by atoms with Crippen molar-refractivity contribution in [3.63, 3.8) is 0 Å². The van der Waals surface area contributed by atoms with Crippen LogP contribution < -0.4 is 10.2 Å². The van der Waals surface area contributed by atoms with Crippen molar-refractivity contribution >= 4 is 16.5 Å². The van der Waals surface area contributed by atoms with Gasteiger partial charge in [0.15, 0.2) is 0 Å². The molecule has 0 saturated carbocycles. The molecule has 2 aromatic carbocycles. The van der Waals surface area contributed by atoms with E-state index in [1.165, 1.54) is 22.0 Å². The van der Waals surface area contributed by atoms with E-state index >= 15 is 0 Å². The van der Waals surface area contributed by atoms with Crippen molar-refractivity contribution in [3.8, 4) is 0 Å². The van der Waals surface area contributed by atoms with Crippen molar-refractivity contribution in [2.75, 3.05) is 31.6 Å². The second-order valence-corrected chi connectivity index (χ2v) is 4.79. The molecule has 0 heterocycles. The van der Waals surface area contributed by atoms with Gasteiger partial charge in [-0.1, -0.05) is 43.0 Å². The predicted molar refractivity (Wildman–Crippen MR) is 84.9 cm³/mol. The van der Waals surface area contributed by atoms with Crippen LogP contribution in [0.2, 0.25) is 0 Å². The van der Waals surface area contributed by atoms with Crippen LogP contribution in [0.15, 0.2) is 54.6 Å². The first-order valence-corrected chi connectivity index (χ1v) is 6.80. The van der Waals surface area contributed by atoms with Crippen LogP contribution in [0, 0.1) is 0 Å². The van der Waals surface area contributed by atoms with E-state index in [9.17, 15) is 0 Å². The lowest BCUT2D eigenvalue weighted by molar-refractivity contribution is 0.812. The summed E-state index contributed by atoms with van der Waals surface area (Å²) in [4.78, 5) is 2.38. The average molecular weight is 254 g/mol. The second-order valence-electron chi connectivity index (χ2n) is 4.79. The minimum atomic E-state index is 0.862. The summed E-state index contributed by atoms with van der Waals surface area (Å²) >= 11 is 0. The van der Waals surface area contributed by atoms with E-state index in [1.54, 1.807) is 0 Å². The zero-order valence-corrected chi connectivity index (χ0v) is 11.8. The molecule has 0 unspecified atom stereocenters. The number of hydrogen-bond donors (Lipinski definition) is 1. The van der Waals surface area contributed by atoms with Gasteiger partial charge in [0.2, 0.25) is 0 Å². The maximum absolute atomic E-state index is 4.13. The summed E-state index contributed by atoms with van der Waals surface area (Å²) < 4.78 is 0. The Morgan fingerprint density at radius 2 is 1.89 bits per heavy atom. The van der Waals surface area contributed by atoms with Crippen molar-refractivity contribution < 1.29 is 0 Å². The van der Waals surface area contributed by atoms with Gasteiger partial charge in [-0.05, 0) is 31.0 Å². The van der Waals surface area contributed by atoms with Gasteiger partial charge in [0, 0.05) is 30.7 Å². The molecule has 0 atom stereocenters. The first-order valence-electron chi connectivity index (χ1n) is 6.80. The molecule has 0 amide bonds. The van der Waals surface area contributed by atoms with Crippen LogP contribution in [0.5, 0.6) is 0 Å². The van der Waals surface area contributed by atoms with Crippen molar-refractivity contribution in [1.82, 2.24) is 5.32 Å². The molecule has 0 aromatic heterocycles. The lowest BCUT2D eigenvalue weighted by atomic mass is 10.1. The molecule has 2 rings (SSSR count). The molecule has 2 nitrogen and oxygen atoms in total. The minimum absolute atomic E-state index is 0.862. The number of hydrogen-bond acceptors (Lipinski definition) is 2. The van der Waals surface area contributed by atoms with Gasteiger partial charge < -0.3 is 10.2 Å². The third-order valence-electron chi connectivity index (χ3n) is 3.33. The Kier molecular flexibility index (Phi) is 4.58. The van der Waals surface area contributed by atoms with Crippen molar-refractivity contribution in [2.24, 2.45) is 0 Å². The summed E-state index contributed by atoms with van der Waals surface area (Å²) in [5.74, 6) is 0. The van der Waals surface area contributed by atoms with Crippen LogP contribution in [0.3, 0.4) is 0 Å². The number of fused-ring (bicyclic) bond motifs is 1. The van der Waals surface area contributed by atoms with Gasteiger partial charge >= 0.3 is 0 Å². The highest BCUT2D eigenvalue weighted by molar-refractivity contribution is 5.94. The summed E-state index contributed by atoms with van der Waals surface area (Å²) in [6, 6.07) is 15.0. The molecular weight excluding hydrogens is 232 g/mol. The van der Waals surface area contributed by atoms with Crippen LogP contribution in [-0.2, 0) is 0 Å². The second kappa shape index (κ2) is 6.39. The Balaban J connectivity index is 2.32. The predicted octanol–water partition coefficient (Wildman–Crippen LogP) is 3.44. The van der Waals surface area contributed by atoms with E-state index in [2.05, 4.69) is 66.2 Å². The van der Waals surface area contributed by atoms with Crippen LogP contribution in [0.25, 0.3) is 10.8 Å². The van der Waals surface area contributed by atoms with Gasteiger partial charge in [0.05, 0.1) is 0 Å². The smallest absolute Gasteiger partial charge is 0.0448 e. The maximum atomic E-state index is 4.13. The van der Waals surface area contributed by atoms with E-state index in [-0.39, 0.29) is 0 Å². The summed E-state index contributed by atoms with van der Waals surface area (Å²) in [7, 11) is 1.96. The normalized spacial score (nSPS) is 10.6. The van der Waals surface area contributed by atoms with Crippen molar-refractivity contribution in [3.05, 3.63) is 54.6 Å². The van der Waals surface area contributed by atoms with Gasteiger partial charge in [-0.3, -0.25) is 0 Å². The molecule has 0 radical (unpaired) electrons. The van der Waals surface area contributed by atoms with Crippen LogP contribution in [0.1, 0.15) is 6.92 Å². The molecule has 0 fully saturated rings. The van der Waals surface area contributed by atoms with Crippen molar-refractivity contribution in [2.45, 2.75) is 6.92 Å². The average Bonchev–Trinajstić information content (AvgIpc) is 2.44. The highest BCUT2D eigenvalue weighted by Gasteiger charge is 2.09. The van der Waals surface area contributed by atoms with Crippen LogP contribution in [-0.4, -0.2) is 26.7 Å². The Labute approximate surface area is 115 Å². The largest absolute Gasteiger partial charge is 0.367 e. The lowest BCUT2D eigenvalue weighted by Crippen LogP contribution is -2.28. The van der Waals surface area contributed by atoms with Gasteiger partial charge in [0.1, 0.15) is 0 Å². The van der Waals surface area contributed by atoms with Crippen molar-refractivity contribution in [1.29, 1.82) is 0 Å². The van der Waals surface area contributed by atoms with Gasteiger partial charge in [-0.2, -0.15) is 0 Å². The fourth-order valence-corrected chi connectivity index (χ4v) is 2.43. The highest BCUT2D eigenvalue weighted by Crippen LogP contribution is 2.26. The molecule has 1 N–H and O–H groups in total. The lowest BCUT2D eigenvalue weighted by Gasteiger charge is -2.25. The van der Waals surface area contributed by atoms with E-state index in [0.29, 0.717) is 0 Å². The Bertz CT molecular complexity index is 555. The quantitative estimate of drug-likeness (QED) is 0.794. The van der Waals surface area contributed by atoms with Gasteiger partial charge in [-0.25, -0.2) is 0 Å². The molecule has 0 aliphatic heterocycles. The first kappa shape index (κ1) is 13.6. The summed E-state index contributed by atoms with van der Waals surface area (Å²) in [5.41, 5.74) is 2.50. The van der Waals surface area contributed by atoms with Crippen LogP contribution in [0.4, 0.5) is 5.69 Å². The monoisotopic (exact) mass is 254 g/mol. The molecule has 0 bridgehead atoms. The zero-order valence-electron chi connectivity index (χ0n) is 11.8. The van der Waals surface area contributed by atoms with Gasteiger partial charge in [0.25, 0.3) is 0 Å². The topological polar surface area (TPSA) is 15.3 Å². The van der Waals surface area contributed by atoms with E-state index in [4.69, 9.17) is 0 Å². The number of nitrogens with one attached hydrogen (secondary N) is 1. The molecular formula is C17H22N2. The highest BCUT2D eigenvalue weighted by atomic mass is 15.1. The summed E-state index contributed by atoms with van der Waals surface area (Å²) in [6.07, 6.45) is 0. The number of rotatable bonds is 6. The number of anilines is 1. The number of benzene rings is 2. The first-order chi connectivity index (χ1) is 9.26. The summed E-state index contributed by atoms with van der Waals surface area (Å²) in [5, 5.41) is 5.76. The van der Waals surface area contributed by atoms with E-state index in [1.807, 2.05) is 7.05 Å². The molecule has 100 valence electrons.